The summed E-state index contributed by atoms with van der Waals surface area (Å²) in [5, 5.41) is 11.4. The highest BCUT2D eigenvalue weighted by atomic mass is 32.1. The maximum Gasteiger partial charge on any atom is 0.338 e. The number of carbonyl (C=O) groups excluding carboxylic acids is 2. The normalized spacial score (nSPS) is 13.4. The van der Waals surface area contributed by atoms with Crippen molar-refractivity contribution in [3.8, 4) is 23.3 Å². The van der Waals surface area contributed by atoms with Gasteiger partial charge in [0.25, 0.3) is 0 Å². The van der Waals surface area contributed by atoms with E-state index in [1.54, 1.807) is 12.3 Å². The van der Waals surface area contributed by atoms with E-state index in [9.17, 15) is 14.9 Å². The predicted octanol–water partition coefficient (Wildman–Crippen LogP) is 2.26. The van der Waals surface area contributed by atoms with E-state index < -0.39 is 24.3 Å². The Bertz CT molecular complexity index is 900. The van der Waals surface area contributed by atoms with Gasteiger partial charge in [-0.25, -0.2) is 9.78 Å². The number of methoxy groups -OCH3 is 1. The number of aromatic nitrogens is 1. The Kier molecular flexibility index (Phi) is 5.57. The topological polar surface area (TPSA) is 108 Å². The number of nitrogens with zero attached hydrogens (tertiary/aromatic N) is 2. The highest BCUT2D eigenvalue weighted by Crippen LogP contribution is 2.40. The molecule has 0 saturated heterocycles. The molecule has 1 aromatic carbocycles. The first kappa shape index (κ1) is 18.7. The first-order chi connectivity index (χ1) is 13.0. The Hall–Kier alpha value is -3.12. The lowest BCUT2D eigenvalue weighted by Crippen LogP contribution is -2.20. The molecule has 27 heavy (non-hydrogen) atoms. The molecule has 0 saturated carbocycles. The van der Waals surface area contributed by atoms with Crippen molar-refractivity contribution in [2.75, 3.05) is 26.9 Å². The van der Waals surface area contributed by atoms with E-state index in [0.29, 0.717) is 35.5 Å². The number of Topliss-reactive ketones (excluding diaryl/α,β-unsaturated/α-hetero) is 1. The summed E-state index contributed by atoms with van der Waals surface area (Å²) >= 11 is 1.22. The zero-order chi connectivity index (χ0) is 19.4. The number of thiazole rings is 1. The molecule has 0 N–H and O–H groups in total. The van der Waals surface area contributed by atoms with E-state index in [-0.39, 0.29) is 5.56 Å². The van der Waals surface area contributed by atoms with E-state index >= 15 is 0 Å². The fraction of sp³-hybridized carbons (Fsp3) is 0.333. The SMILES string of the molecule is COc1cc(C(=O)OCC(=O)[C@H](C#N)c2nc(C)cs2)cc2c1OCCO2. The van der Waals surface area contributed by atoms with Crippen LogP contribution in [0.2, 0.25) is 0 Å². The standard InChI is InChI=1S/C18H16N2O6S/c1-10-9-27-17(20-10)12(7-19)13(21)8-26-18(22)11-5-14(23-2)16-15(6-11)24-3-4-25-16/h5-6,9,12H,3-4,8H2,1-2H3/t12-/m0/s1. The van der Waals surface area contributed by atoms with E-state index in [1.807, 2.05) is 6.07 Å². The van der Waals surface area contributed by atoms with Gasteiger partial charge in [0.15, 0.2) is 29.8 Å². The van der Waals surface area contributed by atoms with Gasteiger partial charge >= 0.3 is 5.97 Å². The molecule has 8 nitrogen and oxygen atoms in total. The Morgan fingerprint density at radius 1 is 1.37 bits per heavy atom. The molecular formula is C18H16N2O6S. The van der Waals surface area contributed by atoms with Crippen molar-refractivity contribution in [2.24, 2.45) is 0 Å². The molecule has 0 bridgehead atoms. The molecular weight excluding hydrogens is 372 g/mol. The summed E-state index contributed by atoms with van der Waals surface area (Å²) in [5.74, 6) is -1.22. The molecule has 9 heteroatoms. The van der Waals surface area contributed by atoms with Crippen LogP contribution in [0.3, 0.4) is 0 Å². The molecule has 3 rings (SSSR count). The minimum atomic E-state index is -1.06. The van der Waals surface area contributed by atoms with Gasteiger partial charge in [-0.2, -0.15) is 5.26 Å². The van der Waals surface area contributed by atoms with Crippen LogP contribution in [0.4, 0.5) is 0 Å². The van der Waals surface area contributed by atoms with Gasteiger partial charge in [0.1, 0.15) is 18.2 Å². The number of esters is 1. The van der Waals surface area contributed by atoms with Gasteiger partial charge < -0.3 is 18.9 Å². The van der Waals surface area contributed by atoms with Crippen LogP contribution in [-0.2, 0) is 9.53 Å². The van der Waals surface area contributed by atoms with Crippen molar-refractivity contribution in [3.63, 3.8) is 0 Å². The molecule has 2 heterocycles. The average Bonchev–Trinajstić information content (AvgIpc) is 3.11. The molecule has 140 valence electrons. The van der Waals surface area contributed by atoms with Crippen LogP contribution in [0.15, 0.2) is 17.5 Å². The van der Waals surface area contributed by atoms with Crippen LogP contribution in [-0.4, -0.2) is 43.7 Å². The summed E-state index contributed by atoms with van der Waals surface area (Å²) in [6, 6.07) is 4.82. The highest BCUT2D eigenvalue weighted by molar-refractivity contribution is 7.09. The number of hydrogen-bond acceptors (Lipinski definition) is 9. The summed E-state index contributed by atoms with van der Waals surface area (Å²) in [6.45, 7) is 1.97. The van der Waals surface area contributed by atoms with Crippen molar-refractivity contribution in [3.05, 3.63) is 33.8 Å². The molecule has 1 atom stereocenters. The van der Waals surface area contributed by atoms with Crippen molar-refractivity contribution in [1.82, 2.24) is 4.98 Å². The van der Waals surface area contributed by atoms with Gasteiger partial charge in [-0.1, -0.05) is 0 Å². The molecule has 2 aromatic rings. The first-order valence-electron chi connectivity index (χ1n) is 8.02. The smallest absolute Gasteiger partial charge is 0.338 e. The number of rotatable bonds is 6. The maximum absolute atomic E-state index is 12.3. The Balaban J connectivity index is 1.70. The molecule has 1 aliphatic rings. The number of fused-ring (bicyclic) bond motifs is 1. The summed E-state index contributed by atoms with van der Waals surface area (Å²) in [7, 11) is 1.44. The van der Waals surface area contributed by atoms with Gasteiger partial charge in [-0.05, 0) is 19.1 Å². The highest BCUT2D eigenvalue weighted by Gasteiger charge is 2.26. The fourth-order valence-corrected chi connectivity index (χ4v) is 3.32. The van der Waals surface area contributed by atoms with Crippen molar-refractivity contribution >= 4 is 23.1 Å². The third-order valence-electron chi connectivity index (χ3n) is 3.74. The third-order valence-corrected chi connectivity index (χ3v) is 4.77. The second-order valence-electron chi connectivity index (χ2n) is 5.63. The van der Waals surface area contributed by atoms with Crippen molar-refractivity contribution in [2.45, 2.75) is 12.8 Å². The van der Waals surface area contributed by atoms with Crippen LogP contribution in [0.1, 0.15) is 27.0 Å². The molecule has 0 radical (unpaired) electrons. The van der Waals surface area contributed by atoms with Crippen LogP contribution >= 0.6 is 11.3 Å². The molecule has 0 fully saturated rings. The van der Waals surface area contributed by atoms with Gasteiger partial charge in [-0.3, -0.25) is 4.79 Å². The average molecular weight is 388 g/mol. The second kappa shape index (κ2) is 8.05. The lowest BCUT2D eigenvalue weighted by atomic mass is 10.1. The summed E-state index contributed by atoms with van der Waals surface area (Å²) in [6.07, 6.45) is 0. The lowest BCUT2D eigenvalue weighted by molar-refractivity contribution is -0.122. The quantitative estimate of drug-likeness (QED) is 0.694. The monoisotopic (exact) mass is 388 g/mol. The van der Waals surface area contributed by atoms with Crippen molar-refractivity contribution < 1.29 is 28.5 Å². The number of ether oxygens (including phenoxy) is 4. The lowest BCUT2D eigenvalue weighted by Gasteiger charge is -2.21. The third kappa shape index (κ3) is 4.01. The van der Waals surface area contributed by atoms with Gasteiger partial charge in [0, 0.05) is 11.1 Å². The molecule has 0 unspecified atom stereocenters. The first-order valence-corrected chi connectivity index (χ1v) is 8.90. The summed E-state index contributed by atoms with van der Waals surface area (Å²) < 4.78 is 21.2. The predicted molar refractivity (Wildman–Crippen MR) is 94.5 cm³/mol. The largest absolute Gasteiger partial charge is 0.493 e. The van der Waals surface area contributed by atoms with Crippen LogP contribution < -0.4 is 14.2 Å². The number of hydrogen-bond donors (Lipinski definition) is 0. The van der Waals surface area contributed by atoms with E-state index in [1.165, 1.54) is 30.6 Å². The van der Waals surface area contributed by atoms with E-state index in [2.05, 4.69) is 4.98 Å². The van der Waals surface area contributed by atoms with Crippen LogP contribution in [0.5, 0.6) is 17.2 Å². The molecule has 0 aliphatic carbocycles. The molecule has 1 aromatic heterocycles. The van der Waals surface area contributed by atoms with Gasteiger partial charge in [0.05, 0.1) is 18.7 Å². The van der Waals surface area contributed by atoms with Crippen molar-refractivity contribution in [1.29, 1.82) is 5.26 Å². The molecule has 1 aliphatic heterocycles. The fourth-order valence-electron chi connectivity index (χ4n) is 2.46. The number of ketones is 1. The van der Waals surface area contributed by atoms with E-state index in [0.717, 1.165) is 5.69 Å². The number of carbonyl (C=O) groups is 2. The zero-order valence-electron chi connectivity index (χ0n) is 14.7. The number of nitriles is 1. The molecule has 0 spiro atoms. The Morgan fingerprint density at radius 2 is 2.15 bits per heavy atom. The number of aryl methyl sites for hydroxylation is 1. The maximum atomic E-state index is 12.3. The second-order valence-corrected chi connectivity index (χ2v) is 6.52. The van der Waals surface area contributed by atoms with Gasteiger partial charge in [0.2, 0.25) is 5.75 Å². The number of benzene rings is 1. The Morgan fingerprint density at radius 3 is 2.81 bits per heavy atom. The zero-order valence-corrected chi connectivity index (χ0v) is 15.5. The summed E-state index contributed by atoms with van der Waals surface area (Å²) in [5.41, 5.74) is 0.880. The minimum absolute atomic E-state index is 0.155. The summed E-state index contributed by atoms with van der Waals surface area (Å²) in [4.78, 5) is 28.8. The molecule has 0 amide bonds. The van der Waals surface area contributed by atoms with Crippen LogP contribution in [0, 0.1) is 18.3 Å². The van der Waals surface area contributed by atoms with Crippen LogP contribution in [0.25, 0.3) is 0 Å². The van der Waals surface area contributed by atoms with E-state index in [4.69, 9.17) is 18.9 Å². The van der Waals surface area contributed by atoms with Gasteiger partial charge in [-0.15, -0.1) is 11.3 Å². The Labute approximate surface area is 159 Å². The minimum Gasteiger partial charge on any atom is -0.493 e.